The molecular weight excluding hydrogens is 248 g/mol. The fourth-order valence-corrected chi connectivity index (χ4v) is 3.22. The van der Waals surface area contributed by atoms with Crippen LogP contribution in [0.4, 0.5) is 0 Å². The van der Waals surface area contributed by atoms with Crippen molar-refractivity contribution >= 4 is 33.3 Å². The van der Waals surface area contributed by atoms with Crippen LogP contribution in [0.15, 0.2) is 4.99 Å². The Morgan fingerprint density at radius 3 is 2.13 bits per heavy atom. The van der Waals surface area contributed by atoms with Crippen LogP contribution in [0.1, 0.15) is 20.8 Å². The van der Waals surface area contributed by atoms with Gasteiger partial charge < -0.3 is 0 Å². The second-order valence-corrected chi connectivity index (χ2v) is 6.68. The molecule has 1 fully saturated rings. The Balaban J connectivity index is 2.63. The number of hydrogen-bond acceptors (Lipinski definition) is 2. The summed E-state index contributed by atoms with van der Waals surface area (Å²) in [6, 6.07) is 0. The Morgan fingerprint density at radius 2 is 1.73 bits per heavy atom. The third kappa shape index (κ3) is 4.93. The van der Waals surface area contributed by atoms with Crippen molar-refractivity contribution in [3.8, 4) is 0 Å². The molecule has 1 rings (SSSR count). The van der Waals surface area contributed by atoms with Crippen molar-refractivity contribution in [3.05, 3.63) is 0 Å². The number of aliphatic imine (C=N–C) groups is 1. The Kier molecular flexibility index (Phi) is 5.22. The van der Waals surface area contributed by atoms with Gasteiger partial charge in [0.25, 0.3) is 0 Å². The molecule has 1 heterocycles. The zero-order chi connectivity index (χ0) is 11.5. The van der Waals surface area contributed by atoms with Gasteiger partial charge in [-0.1, -0.05) is 0 Å². The standard InChI is InChI=1S/C10H21N3Se.Li/c1-10(2,3)11-9(14)13-7-5-12(4)6-8-13;/h5-8H2,1-4H3,(H,11,14);/q;+1/p-1. The van der Waals surface area contributed by atoms with E-state index in [9.17, 15) is 0 Å². The number of amidine groups is 1. The molecule has 0 bridgehead atoms. The molecule has 1 aliphatic rings. The molecule has 0 aromatic rings. The average Bonchev–Trinajstić information content (AvgIpc) is 2.14. The van der Waals surface area contributed by atoms with Crippen molar-refractivity contribution in [2.24, 2.45) is 4.99 Å². The molecule has 1 aliphatic heterocycles. The van der Waals surface area contributed by atoms with Crippen molar-refractivity contribution in [3.63, 3.8) is 0 Å². The first-order valence-electron chi connectivity index (χ1n) is 5.50. The quantitative estimate of drug-likeness (QED) is 0.384. The molecule has 0 atom stereocenters. The molecular formula is C10H20LiN3Se. The van der Waals surface area contributed by atoms with Crippen molar-refractivity contribution in [2.75, 3.05) is 33.2 Å². The van der Waals surface area contributed by atoms with E-state index in [2.05, 4.69) is 53.4 Å². The van der Waals surface area contributed by atoms with Crippen LogP contribution in [-0.2, 0) is 0 Å². The van der Waals surface area contributed by atoms with Gasteiger partial charge in [0.2, 0.25) is 0 Å². The van der Waals surface area contributed by atoms with Crippen LogP contribution in [0.5, 0.6) is 0 Å². The minimum absolute atomic E-state index is 0.0659. The van der Waals surface area contributed by atoms with E-state index in [1.54, 1.807) is 0 Å². The Labute approximate surface area is 107 Å². The van der Waals surface area contributed by atoms with Crippen molar-refractivity contribution in [2.45, 2.75) is 26.3 Å². The number of hydrogen-bond donors (Lipinski definition) is 0. The van der Waals surface area contributed by atoms with Crippen LogP contribution < -0.4 is 0 Å². The summed E-state index contributed by atoms with van der Waals surface area (Å²) in [6.07, 6.45) is 0. The van der Waals surface area contributed by atoms with Crippen LogP contribution >= 0.6 is 0 Å². The zero-order valence-corrected chi connectivity index (χ0v) is 12.3. The fraction of sp³-hybridized carbons (Fsp3) is 0.900. The average molecular weight is 268 g/mol. The molecule has 0 aromatic heterocycles. The summed E-state index contributed by atoms with van der Waals surface area (Å²) in [5, 5.41) is 0. The molecule has 0 N–H and O–H groups in total. The maximum atomic E-state index is 4.83. The van der Waals surface area contributed by atoms with Crippen LogP contribution in [0.3, 0.4) is 0 Å². The van der Waals surface area contributed by atoms with E-state index in [-0.39, 0.29) is 5.54 Å². The molecule has 5 heteroatoms. The summed E-state index contributed by atoms with van der Waals surface area (Å²) < 4.78 is 1.34. The van der Waals surface area contributed by atoms with E-state index in [0.717, 1.165) is 13.1 Å². The van der Waals surface area contributed by atoms with Gasteiger partial charge in [0, 0.05) is 0 Å². The predicted molar refractivity (Wildman–Crippen MR) is 67.8 cm³/mol. The molecule has 82 valence electrons. The molecule has 0 radical (unpaired) electrons. The van der Waals surface area contributed by atoms with Crippen molar-refractivity contribution in [1.82, 2.24) is 9.80 Å². The van der Waals surface area contributed by atoms with Crippen molar-refractivity contribution < 1.29 is 0 Å². The fourth-order valence-electron chi connectivity index (χ4n) is 1.53. The van der Waals surface area contributed by atoms with Crippen LogP contribution in [0.2, 0.25) is 0 Å². The molecule has 0 aromatic carbocycles. The second-order valence-electron chi connectivity index (χ2n) is 5.06. The van der Waals surface area contributed by atoms with Crippen LogP contribution in [-0.4, -0.2) is 81.8 Å². The number of nitrogens with zero attached hydrogens (tertiary/aromatic N) is 3. The first kappa shape index (κ1) is 13.6. The number of piperazine rings is 1. The Bertz CT molecular complexity index is 229. The summed E-state index contributed by atoms with van der Waals surface area (Å²) in [6.45, 7) is 11.1. The summed E-state index contributed by atoms with van der Waals surface area (Å²) in [5.74, 6) is 0. The van der Waals surface area contributed by atoms with Crippen LogP contribution in [0, 0.1) is 0 Å². The normalized spacial score (nSPS) is 20.9. The summed E-state index contributed by atoms with van der Waals surface area (Å²) in [7, 11) is 2.19. The second kappa shape index (κ2) is 5.75. The zero-order valence-electron chi connectivity index (χ0n) is 10.6. The first-order valence-corrected chi connectivity index (χ1v) is 8.06. The third-order valence-corrected chi connectivity index (χ3v) is 3.89. The van der Waals surface area contributed by atoms with Crippen LogP contribution in [0.25, 0.3) is 0 Å². The van der Waals surface area contributed by atoms with Gasteiger partial charge in [-0.2, -0.15) is 0 Å². The molecule has 3 nitrogen and oxygen atoms in total. The summed E-state index contributed by atoms with van der Waals surface area (Å²) in [5.41, 5.74) is 0.0659. The van der Waals surface area contributed by atoms with Crippen molar-refractivity contribution in [1.29, 1.82) is 0 Å². The van der Waals surface area contributed by atoms with E-state index in [1.165, 1.54) is 17.8 Å². The molecule has 1 saturated heterocycles. The third-order valence-electron chi connectivity index (χ3n) is 2.39. The summed E-state index contributed by atoms with van der Waals surface area (Å²) >= 11 is 2.76. The molecule has 0 unspecified atom stereocenters. The van der Waals surface area contributed by atoms with E-state index >= 15 is 0 Å². The minimum atomic E-state index is 0.0659. The van der Waals surface area contributed by atoms with E-state index in [1.807, 2.05) is 0 Å². The SMILES string of the molecule is [Li][Se]C(=NC(C)(C)C)N1CCN(C)CC1. The predicted octanol–water partition coefficient (Wildman–Crippen LogP) is 0.176. The van der Waals surface area contributed by atoms with Gasteiger partial charge >= 0.3 is 108 Å². The number of likely N-dealkylation sites (N-methyl/N-ethyl adjacent to an activating group) is 1. The molecule has 0 amide bonds. The summed E-state index contributed by atoms with van der Waals surface area (Å²) in [4.78, 5) is 9.67. The first-order chi connectivity index (χ1) is 6.92. The monoisotopic (exact) mass is 269 g/mol. The van der Waals surface area contributed by atoms with Gasteiger partial charge in [0.05, 0.1) is 0 Å². The molecule has 0 spiro atoms. The topological polar surface area (TPSA) is 18.8 Å². The molecule has 15 heavy (non-hydrogen) atoms. The van der Waals surface area contributed by atoms with Gasteiger partial charge in [0.15, 0.2) is 0 Å². The van der Waals surface area contributed by atoms with Gasteiger partial charge in [-0.25, -0.2) is 0 Å². The van der Waals surface area contributed by atoms with E-state index < -0.39 is 0 Å². The van der Waals surface area contributed by atoms with Gasteiger partial charge in [-0.3, -0.25) is 0 Å². The Morgan fingerprint density at radius 1 is 1.20 bits per heavy atom. The van der Waals surface area contributed by atoms with E-state index in [0.29, 0.717) is 12.8 Å². The number of rotatable bonds is 1. The molecule has 0 aliphatic carbocycles. The Hall–Kier alpha value is 0.547. The molecule has 0 saturated carbocycles. The van der Waals surface area contributed by atoms with Gasteiger partial charge in [0.1, 0.15) is 0 Å². The van der Waals surface area contributed by atoms with Gasteiger partial charge in [-0.05, 0) is 0 Å². The van der Waals surface area contributed by atoms with Gasteiger partial charge in [-0.15, -0.1) is 0 Å². The maximum absolute atomic E-state index is 4.83. The van der Waals surface area contributed by atoms with E-state index in [4.69, 9.17) is 4.99 Å².